The van der Waals surface area contributed by atoms with Crippen LogP contribution in [0.1, 0.15) is 23.1 Å². The van der Waals surface area contributed by atoms with Crippen LogP contribution in [0.25, 0.3) is 0 Å². The lowest BCUT2D eigenvalue weighted by molar-refractivity contribution is -0.314. The molecule has 6 atom stereocenters. The van der Waals surface area contributed by atoms with Gasteiger partial charge < -0.3 is 50.7 Å². The van der Waals surface area contributed by atoms with Crippen molar-refractivity contribution in [2.45, 2.75) is 55.7 Å². The summed E-state index contributed by atoms with van der Waals surface area (Å²) in [5.74, 6) is -3.26. The lowest BCUT2D eigenvalue weighted by atomic mass is 9.88. The fourth-order valence-corrected chi connectivity index (χ4v) is 4.32. The van der Waals surface area contributed by atoms with Crippen molar-refractivity contribution in [3.8, 4) is 18.1 Å². The largest absolute Gasteiger partial charge is 0.508 e. The molecular formula is C28H32N2O11. The molecule has 41 heavy (non-hydrogen) atoms. The molecule has 2 amide bonds. The zero-order chi connectivity index (χ0) is 30.2. The summed E-state index contributed by atoms with van der Waals surface area (Å²) < 4.78 is 11.3. The van der Waals surface area contributed by atoms with Gasteiger partial charge in [-0.2, -0.15) is 0 Å². The Morgan fingerprint density at radius 1 is 1.12 bits per heavy atom. The number of rotatable bonds is 12. The first-order valence-electron chi connectivity index (χ1n) is 12.6. The van der Waals surface area contributed by atoms with Crippen LogP contribution >= 0.6 is 0 Å². The molecule has 8 N–H and O–H groups in total. The van der Waals surface area contributed by atoms with Gasteiger partial charge in [-0.05, 0) is 35.4 Å². The Balaban J connectivity index is 1.76. The normalized spacial score (nSPS) is 23.5. The third kappa shape index (κ3) is 8.24. The molecule has 13 nitrogen and oxygen atoms in total. The second-order valence-electron chi connectivity index (χ2n) is 9.50. The van der Waals surface area contributed by atoms with Crippen molar-refractivity contribution in [2.75, 3.05) is 13.2 Å². The average molecular weight is 573 g/mol. The number of phenolic OH excluding ortho intramolecular Hbond substituents is 1. The number of terminal acetylenes is 1. The molecule has 3 rings (SSSR count). The van der Waals surface area contributed by atoms with Gasteiger partial charge in [0.05, 0.1) is 31.3 Å². The van der Waals surface area contributed by atoms with Crippen molar-refractivity contribution in [3.05, 3.63) is 65.2 Å². The Labute approximate surface area is 235 Å². The van der Waals surface area contributed by atoms with Gasteiger partial charge in [0, 0.05) is 18.5 Å². The summed E-state index contributed by atoms with van der Waals surface area (Å²) in [6, 6.07) is 10.9. The number of ether oxygens (including phenoxy) is 2. The molecule has 0 radical (unpaired) electrons. The summed E-state index contributed by atoms with van der Waals surface area (Å²) >= 11 is 0. The van der Waals surface area contributed by atoms with Crippen LogP contribution in [0.5, 0.6) is 5.75 Å². The lowest BCUT2D eigenvalue weighted by Gasteiger charge is -2.46. The molecule has 0 saturated carbocycles. The van der Waals surface area contributed by atoms with Gasteiger partial charge in [-0.1, -0.05) is 30.2 Å². The molecule has 0 bridgehead atoms. The SMILES string of the molecule is C#Cc1ccc(CO[C@]2(C(=O)O)C[C@H](O)[C@@H](NC(=O)CO)[C@H]([C@H](O)[C@H](O)CNC(=O)Cc3cccc(O)c3)O2)cc1. The van der Waals surface area contributed by atoms with Gasteiger partial charge in [-0.25, -0.2) is 4.79 Å². The number of aromatic hydroxyl groups is 1. The standard InChI is InChI=1S/C28H32N2O11/c1-2-16-6-8-17(9-7-16)15-40-28(27(38)39)12-20(33)24(30-23(36)14-31)26(41-28)25(37)21(34)13-29-22(35)11-18-4-3-5-19(32)10-18/h1,3-10,20-21,24-26,31-34,37H,11-15H2,(H,29,35)(H,30,36)(H,38,39)/t20-,21+,24+,25+,26+,28+/m0/s1. The Morgan fingerprint density at radius 3 is 2.44 bits per heavy atom. The van der Waals surface area contributed by atoms with Crippen LogP contribution in [0, 0.1) is 12.3 Å². The van der Waals surface area contributed by atoms with Crippen molar-refractivity contribution < 1.29 is 54.5 Å². The number of phenols is 1. The number of hydrogen-bond donors (Lipinski definition) is 8. The van der Waals surface area contributed by atoms with Crippen LogP contribution in [-0.2, 0) is 36.9 Å². The summed E-state index contributed by atoms with van der Waals surface area (Å²) in [6.07, 6.45) is -2.61. The Bertz CT molecular complexity index is 1260. The summed E-state index contributed by atoms with van der Waals surface area (Å²) in [5.41, 5.74) is 1.59. The zero-order valence-electron chi connectivity index (χ0n) is 21.8. The quantitative estimate of drug-likeness (QED) is 0.135. The van der Waals surface area contributed by atoms with E-state index in [1.807, 2.05) is 0 Å². The highest BCUT2D eigenvalue weighted by atomic mass is 16.7. The van der Waals surface area contributed by atoms with Crippen LogP contribution in [0.4, 0.5) is 0 Å². The topological polar surface area (TPSA) is 215 Å². The van der Waals surface area contributed by atoms with Gasteiger partial charge in [0.15, 0.2) is 0 Å². The summed E-state index contributed by atoms with van der Waals surface area (Å²) in [6.45, 7) is -1.79. The number of aliphatic carboxylic acids is 1. The van der Waals surface area contributed by atoms with E-state index in [9.17, 15) is 39.9 Å². The maximum absolute atomic E-state index is 12.3. The van der Waals surface area contributed by atoms with E-state index in [-0.39, 0.29) is 18.8 Å². The number of carbonyl (C=O) groups excluding carboxylic acids is 2. The van der Waals surface area contributed by atoms with E-state index in [2.05, 4.69) is 16.6 Å². The molecule has 0 aliphatic carbocycles. The van der Waals surface area contributed by atoms with Gasteiger partial charge >= 0.3 is 5.97 Å². The highest BCUT2D eigenvalue weighted by molar-refractivity contribution is 5.79. The predicted octanol–water partition coefficient (Wildman–Crippen LogP) is -1.62. The third-order valence-corrected chi connectivity index (χ3v) is 6.48. The Morgan fingerprint density at radius 2 is 1.83 bits per heavy atom. The van der Waals surface area contributed by atoms with Crippen molar-refractivity contribution >= 4 is 17.8 Å². The van der Waals surface area contributed by atoms with Gasteiger partial charge in [0.2, 0.25) is 11.8 Å². The molecule has 0 aromatic heterocycles. The highest BCUT2D eigenvalue weighted by Gasteiger charge is 2.55. The molecule has 1 saturated heterocycles. The van der Waals surface area contributed by atoms with Crippen LogP contribution in [0.2, 0.25) is 0 Å². The summed E-state index contributed by atoms with van der Waals surface area (Å²) in [7, 11) is 0. The van der Waals surface area contributed by atoms with Crippen LogP contribution in [0.15, 0.2) is 48.5 Å². The monoisotopic (exact) mass is 572 g/mol. The van der Waals surface area contributed by atoms with Crippen LogP contribution in [0.3, 0.4) is 0 Å². The number of carbonyl (C=O) groups is 3. The zero-order valence-corrected chi connectivity index (χ0v) is 21.8. The van der Waals surface area contributed by atoms with E-state index in [1.54, 1.807) is 36.4 Å². The highest BCUT2D eigenvalue weighted by Crippen LogP contribution is 2.34. The number of amides is 2. The maximum atomic E-state index is 12.3. The maximum Gasteiger partial charge on any atom is 0.364 e. The first kappa shape index (κ1) is 31.5. The second-order valence-corrected chi connectivity index (χ2v) is 9.50. The fraction of sp³-hybridized carbons (Fsp3) is 0.393. The summed E-state index contributed by atoms with van der Waals surface area (Å²) in [5, 5.41) is 65.9. The van der Waals surface area contributed by atoms with Crippen LogP contribution < -0.4 is 10.6 Å². The fourth-order valence-electron chi connectivity index (χ4n) is 4.32. The van der Waals surface area contributed by atoms with Crippen LogP contribution in [-0.4, -0.2) is 97.8 Å². The number of nitrogens with one attached hydrogen (secondary N) is 2. The lowest BCUT2D eigenvalue weighted by Crippen LogP contribution is -2.68. The third-order valence-electron chi connectivity index (χ3n) is 6.48. The van der Waals surface area contributed by atoms with E-state index >= 15 is 0 Å². The molecule has 1 aliphatic rings. The molecule has 0 unspecified atom stereocenters. The van der Waals surface area contributed by atoms with Gasteiger partial charge in [0.1, 0.15) is 24.6 Å². The minimum absolute atomic E-state index is 0.0385. The first-order valence-corrected chi connectivity index (χ1v) is 12.6. The summed E-state index contributed by atoms with van der Waals surface area (Å²) in [4.78, 5) is 36.6. The van der Waals surface area contributed by atoms with Gasteiger partial charge in [-0.3, -0.25) is 9.59 Å². The smallest absolute Gasteiger partial charge is 0.364 e. The number of carboxylic acid groups (broad SMARTS) is 1. The average Bonchev–Trinajstić information content (AvgIpc) is 2.95. The molecule has 1 fully saturated rings. The minimum atomic E-state index is -2.51. The second kappa shape index (κ2) is 14.0. The van der Waals surface area contributed by atoms with Crippen molar-refractivity contribution in [3.63, 3.8) is 0 Å². The molecule has 0 spiro atoms. The van der Waals surface area contributed by atoms with Gasteiger partial charge in [-0.15, -0.1) is 6.42 Å². The molecule has 2 aromatic rings. The molecular weight excluding hydrogens is 540 g/mol. The number of aliphatic hydroxyl groups excluding tert-OH is 4. The van der Waals surface area contributed by atoms with Crippen molar-refractivity contribution in [1.82, 2.24) is 10.6 Å². The molecule has 13 heteroatoms. The molecule has 2 aromatic carbocycles. The van der Waals surface area contributed by atoms with Crippen molar-refractivity contribution in [1.29, 1.82) is 0 Å². The molecule has 220 valence electrons. The number of benzene rings is 2. The first-order chi connectivity index (χ1) is 19.5. The van der Waals surface area contributed by atoms with Crippen molar-refractivity contribution in [2.24, 2.45) is 0 Å². The number of aliphatic hydroxyl groups is 4. The minimum Gasteiger partial charge on any atom is -0.508 e. The molecule has 1 aliphatic heterocycles. The number of hydrogen-bond acceptors (Lipinski definition) is 10. The molecule has 1 heterocycles. The van der Waals surface area contributed by atoms with E-state index in [0.29, 0.717) is 16.7 Å². The van der Waals surface area contributed by atoms with E-state index < -0.39 is 73.6 Å². The Hall–Kier alpha value is -4.03. The van der Waals surface area contributed by atoms with Gasteiger partial charge in [0.25, 0.3) is 5.79 Å². The Kier molecular flexibility index (Phi) is 10.8. The van der Waals surface area contributed by atoms with E-state index in [4.69, 9.17) is 21.0 Å². The predicted molar refractivity (Wildman–Crippen MR) is 141 cm³/mol. The van der Waals surface area contributed by atoms with E-state index in [0.717, 1.165) is 0 Å². The number of carboxylic acids is 1. The van der Waals surface area contributed by atoms with E-state index in [1.165, 1.54) is 12.1 Å².